The number of benzene rings is 1. The number of thiophene rings is 1. The van der Waals surface area contributed by atoms with Crippen LogP contribution in [0.5, 0.6) is 5.75 Å². The van der Waals surface area contributed by atoms with Gasteiger partial charge in [0.2, 0.25) is 0 Å². The van der Waals surface area contributed by atoms with Crippen LogP contribution >= 0.6 is 11.3 Å². The van der Waals surface area contributed by atoms with Crippen molar-refractivity contribution < 1.29 is 14.6 Å². The number of fused-ring (bicyclic) bond motifs is 1. The van der Waals surface area contributed by atoms with Gasteiger partial charge >= 0.3 is 0 Å². The van der Waals surface area contributed by atoms with Gasteiger partial charge in [-0.3, -0.25) is 9.59 Å². The van der Waals surface area contributed by atoms with Crippen molar-refractivity contribution in [1.82, 2.24) is 9.66 Å². The number of nitrogens with zero attached hydrogens (tertiary/aromatic N) is 3. The lowest BCUT2D eigenvalue weighted by Gasteiger charge is -2.28. The van der Waals surface area contributed by atoms with Crippen molar-refractivity contribution in [3.05, 3.63) is 57.2 Å². The Morgan fingerprint density at radius 3 is 2.59 bits per heavy atom. The molecular weight excluding hydrogens is 426 g/mol. The molecule has 1 aliphatic carbocycles. The number of aryl methyl sites for hydroxylation is 1. The molecule has 0 saturated carbocycles. The average molecular weight is 452 g/mol. The fourth-order valence-electron chi connectivity index (χ4n) is 3.92. The van der Waals surface area contributed by atoms with Gasteiger partial charge in [-0.1, -0.05) is 32.9 Å². The summed E-state index contributed by atoms with van der Waals surface area (Å²) >= 11 is 1.41. The van der Waals surface area contributed by atoms with Crippen molar-refractivity contribution in [3.63, 3.8) is 0 Å². The number of Topliss-reactive ketones (excluding diaryl/α,β-unsaturated/α-hetero) is 1. The Kier molecular flexibility index (Phi) is 5.73. The highest BCUT2D eigenvalue weighted by Gasteiger charge is 2.32. The summed E-state index contributed by atoms with van der Waals surface area (Å²) in [4.78, 5) is 31.3. The molecule has 0 aliphatic heterocycles. The molecule has 32 heavy (non-hydrogen) atoms. The number of aliphatic hydroxyl groups excluding tert-OH is 1. The first-order valence-corrected chi connectivity index (χ1v) is 11.3. The van der Waals surface area contributed by atoms with Gasteiger partial charge in [-0.15, -0.1) is 11.3 Å². The molecule has 0 radical (unpaired) electrons. The Labute approximate surface area is 189 Å². The van der Waals surface area contributed by atoms with Gasteiger partial charge < -0.3 is 9.84 Å². The van der Waals surface area contributed by atoms with Gasteiger partial charge in [-0.2, -0.15) is 9.78 Å². The quantitative estimate of drug-likeness (QED) is 0.566. The molecule has 4 rings (SSSR count). The molecule has 1 aromatic carbocycles. The number of allylic oxidation sites excluding steroid dienone is 2. The van der Waals surface area contributed by atoms with Crippen LogP contribution in [0, 0.1) is 5.41 Å². The van der Waals surface area contributed by atoms with Crippen LogP contribution in [-0.2, 0) is 11.2 Å². The second-order valence-electron chi connectivity index (χ2n) is 8.60. The molecule has 0 atom stereocenters. The van der Waals surface area contributed by atoms with Crippen molar-refractivity contribution in [2.24, 2.45) is 10.5 Å². The lowest BCUT2D eigenvalue weighted by atomic mass is 9.77. The molecule has 0 saturated heterocycles. The van der Waals surface area contributed by atoms with Crippen molar-refractivity contribution >= 4 is 33.6 Å². The minimum Gasteiger partial charge on any atom is -0.511 e. The number of carbonyl (C=O) groups excluding carboxylic acids is 1. The number of aliphatic hydroxyl groups is 1. The summed E-state index contributed by atoms with van der Waals surface area (Å²) in [6.45, 7) is 5.76. The second kappa shape index (κ2) is 8.35. The van der Waals surface area contributed by atoms with E-state index in [1.54, 1.807) is 7.11 Å². The van der Waals surface area contributed by atoms with Crippen LogP contribution in [0.4, 0.5) is 0 Å². The lowest BCUT2D eigenvalue weighted by molar-refractivity contribution is -0.117. The highest BCUT2D eigenvalue weighted by atomic mass is 32.1. The zero-order chi connectivity index (χ0) is 23.0. The molecule has 2 heterocycles. The summed E-state index contributed by atoms with van der Waals surface area (Å²) in [7, 11) is 1.60. The number of ether oxygens (including phenoxy) is 1. The summed E-state index contributed by atoms with van der Waals surface area (Å²) in [5.74, 6) is 1.04. The van der Waals surface area contributed by atoms with Crippen LogP contribution in [0.1, 0.15) is 39.4 Å². The Bertz CT molecular complexity index is 1310. The van der Waals surface area contributed by atoms with Gasteiger partial charge in [0, 0.05) is 30.2 Å². The first-order valence-electron chi connectivity index (χ1n) is 10.4. The van der Waals surface area contributed by atoms with Gasteiger partial charge in [-0.05, 0) is 23.1 Å². The van der Waals surface area contributed by atoms with Crippen molar-refractivity contribution in [3.8, 4) is 16.9 Å². The molecule has 0 unspecified atom stereocenters. The molecule has 7 nitrogen and oxygen atoms in total. The lowest BCUT2D eigenvalue weighted by Crippen LogP contribution is -2.27. The van der Waals surface area contributed by atoms with Gasteiger partial charge in [0.25, 0.3) is 5.56 Å². The van der Waals surface area contributed by atoms with Crippen LogP contribution in [-0.4, -0.2) is 33.9 Å². The first kappa shape index (κ1) is 22.0. The summed E-state index contributed by atoms with van der Waals surface area (Å²) in [5, 5.41) is 17.1. The third kappa shape index (κ3) is 3.98. The SMILES string of the molecule is CCc1nc2scc(-c3ccc(OC)cc3)c2c(=O)n1/N=C/C1=C(O)CC(C)(C)CC1=O. The van der Waals surface area contributed by atoms with Gasteiger partial charge in [0.1, 0.15) is 22.2 Å². The standard InChI is InChI=1S/C24H25N3O4S/c1-5-20-26-22-21(17(13-32-22)14-6-8-15(31-4)9-7-14)23(30)27(20)25-12-16-18(28)10-24(2,3)11-19(16)29/h6-9,12-13,28H,5,10-11H2,1-4H3/b25-12+. The molecule has 166 valence electrons. The van der Waals surface area contributed by atoms with E-state index >= 15 is 0 Å². The number of methoxy groups -OCH3 is 1. The second-order valence-corrected chi connectivity index (χ2v) is 9.46. The number of ketones is 1. The minimum atomic E-state index is -0.307. The fourth-order valence-corrected chi connectivity index (χ4v) is 4.88. The van der Waals surface area contributed by atoms with Crippen molar-refractivity contribution in [1.29, 1.82) is 0 Å². The zero-order valence-electron chi connectivity index (χ0n) is 18.5. The topological polar surface area (TPSA) is 93.8 Å². The zero-order valence-corrected chi connectivity index (χ0v) is 19.3. The molecule has 3 aromatic rings. The summed E-state index contributed by atoms with van der Waals surface area (Å²) in [6, 6.07) is 7.47. The predicted octanol–water partition coefficient (Wildman–Crippen LogP) is 4.73. The van der Waals surface area contributed by atoms with E-state index in [0.717, 1.165) is 16.9 Å². The smallest absolute Gasteiger partial charge is 0.283 e. The van der Waals surface area contributed by atoms with Gasteiger partial charge in [-0.25, -0.2) is 4.98 Å². The third-order valence-electron chi connectivity index (χ3n) is 5.57. The Balaban J connectivity index is 1.83. The number of carbonyl (C=O) groups is 1. The van der Waals surface area contributed by atoms with E-state index in [0.29, 0.717) is 35.3 Å². The number of hydrogen-bond donors (Lipinski definition) is 1. The van der Waals surface area contributed by atoms with Crippen molar-refractivity contribution in [2.75, 3.05) is 7.11 Å². The fraction of sp³-hybridized carbons (Fsp3) is 0.333. The van der Waals surface area contributed by atoms with E-state index in [-0.39, 0.29) is 28.1 Å². The van der Waals surface area contributed by atoms with E-state index < -0.39 is 0 Å². The van der Waals surface area contributed by atoms with E-state index in [4.69, 9.17) is 4.74 Å². The molecule has 0 amide bonds. The van der Waals surface area contributed by atoms with E-state index in [1.807, 2.05) is 50.4 Å². The van der Waals surface area contributed by atoms with E-state index in [1.165, 1.54) is 22.2 Å². The van der Waals surface area contributed by atoms with E-state index in [2.05, 4.69) is 10.1 Å². The number of aromatic nitrogens is 2. The van der Waals surface area contributed by atoms with Crippen LogP contribution in [0.2, 0.25) is 0 Å². The average Bonchev–Trinajstić information content (AvgIpc) is 3.17. The molecule has 0 bridgehead atoms. The summed E-state index contributed by atoms with van der Waals surface area (Å²) in [6.07, 6.45) is 2.49. The van der Waals surface area contributed by atoms with Crippen LogP contribution < -0.4 is 10.3 Å². The Morgan fingerprint density at radius 1 is 1.25 bits per heavy atom. The minimum absolute atomic E-state index is 0.00425. The number of hydrogen-bond acceptors (Lipinski definition) is 7. The third-order valence-corrected chi connectivity index (χ3v) is 6.44. The molecule has 1 N–H and O–H groups in total. The maximum Gasteiger partial charge on any atom is 0.283 e. The highest BCUT2D eigenvalue weighted by Crippen LogP contribution is 2.35. The molecule has 1 aliphatic rings. The van der Waals surface area contributed by atoms with Crippen LogP contribution in [0.15, 0.2) is 50.9 Å². The molecular formula is C24H25N3O4S. The van der Waals surface area contributed by atoms with Crippen molar-refractivity contribution in [2.45, 2.75) is 40.0 Å². The normalized spacial score (nSPS) is 16.3. The molecule has 2 aromatic heterocycles. The number of rotatable bonds is 5. The predicted molar refractivity (Wildman–Crippen MR) is 127 cm³/mol. The van der Waals surface area contributed by atoms with Gasteiger partial charge in [0.05, 0.1) is 24.3 Å². The molecule has 0 spiro atoms. The monoisotopic (exact) mass is 451 g/mol. The Morgan fingerprint density at radius 2 is 1.97 bits per heavy atom. The van der Waals surface area contributed by atoms with Crippen LogP contribution in [0.25, 0.3) is 21.3 Å². The van der Waals surface area contributed by atoms with Gasteiger partial charge in [0.15, 0.2) is 5.78 Å². The van der Waals surface area contributed by atoms with Crippen LogP contribution in [0.3, 0.4) is 0 Å². The highest BCUT2D eigenvalue weighted by molar-refractivity contribution is 7.17. The maximum atomic E-state index is 13.5. The first-order chi connectivity index (χ1) is 15.2. The maximum absolute atomic E-state index is 13.5. The largest absolute Gasteiger partial charge is 0.511 e. The summed E-state index contributed by atoms with van der Waals surface area (Å²) < 4.78 is 6.45. The van der Waals surface area contributed by atoms with E-state index in [9.17, 15) is 14.7 Å². The Hall–Kier alpha value is -3.26. The molecule has 8 heteroatoms. The molecule has 0 fully saturated rings. The summed E-state index contributed by atoms with van der Waals surface area (Å²) in [5.41, 5.74) is 1.20.